The standard InChI is InChI=1S/C6H13BO7/c8-1-3-4(9)5(10)6(11,14-3)2-13-7-12/h3-5,7-12H,1-2H2/t3-,4-,5+,6?/m1/s1. The molecule has 8 heteroatoms. The van der Waals surface area contributed by atoms with Gasteiger partial charge in [0.1, 0.15) is 18.3 Å². The van der Waals surface area contributed by atoms with E-state index in [1.165, 1.54) is 0 Å². The molecular formula is C6H13BO7. The predicted molar refractivity (Wildman–Crippen MR) is 44.2 cm³/mol. The highest BCUT2D eigenvalue weighted by Gasteiger charge is 2.53. The van der Waals surface area contributed by atoms with Crippen LogP contribution in [0.15, 0.2) is 0 Å². The smallest absolute Gasteiger partial charge is 0.430 e. The fourth-order valence-electron chi connectivity index (χ4n) is 1.33. The van der Waals surface area contributed by atoms with E-state index in [0.29, 0.717) is 0 Å². The molecule has 1 heterocycles. The van der Waals surface area contributed by atoms with Crippen LogP contribution in [0.1, 0.15) is 0 Å². The topological polar surface area (TPSA) is 120 Å². The van der Waals surface area contributed by atoms with Gasteiger partial charge in [-0.25, -0.2) is 0 Å². The largest absolute Gasteiger partial charge is 0.435 e. The van der Waals surface area contributed by atoms with E-state index in [-0.39, 0.29) is 0 Å². The van der Waals surface area contributed by atoms with Crippen molar-refractivity contribution in [2.75, 3.05) is 13.2 Å². The fourth-order valence-corrected chi connectivity index (χ4v) is 1.33. The Morgan fingerprint density at radius 3 is 2.50 bits per heavy atom. The summed E-state index contributed by atoms with van der Waals surface area (Å²) in [7, 11) is -0.641. The van der Waals surface area contributed by atoms with Crippen molar-refractivity contribution in [3.05, 3.63) is 0 Å². The second kappa shape index (κ2) is 4.54. The molecule has 0 aliphatic carbocycles. The molecule has 0 saturated carbocycles. The van der Waals surface area contributed by atoms with Gasteiger partial charge in [0.2, 0.25) is 5.79 Å². The van der Waals surface area contributed by atoms with E-state index in [1.807, 2.05) is 0 Å². The molecule has 4 atom stereocenters. The van der Waals surface area contributed by atoms with E-state index in [0.717, 1.165) is 0 Å². The SMILES string of the molecule is OBOCC1(O)O[C@H](CO)[C@@H](O)[C@@H]1O. The van der Waals surface area contributed by atoms with E-state index in [2.05, 4.69) is 4.65 Å². The van der Waals surface area contributed by atoms with Crippen molar-refractivity contribution in [2.45, 2.75) is 24.1 Å². The highest BCUT2D eigenvalue weighted by molar-refractivity contribution is 6.15. The van der Waals surface area contributed by atoms with Gasteiger partial charge in [-0.3, -0.25) is 0 Å². The Balaban J connectivity index is 2.61. The zero-order valence-electron chi connectivity index (χ0n) is 7.41. The summed E-state index contributed by atoms with van der Waals surface area (Å²) in [5.41, 5.74) is 0. The van der Waals surface area contributed by atoms with Crippen molar-refractivity contribution < 1.29 is 34.8 Å². The molecule has 7 nitrogen and oxygen atoms in total. The van der Waals surface area contributed by atoms with E-state index in [4.69, 9.17) is 14.9 Å². The van der Waals surface area contributed by atoms with Crippen LogP contribution in [0.25, 0.3) is 0 Å². The number of aliphatic hydroxyl groups excluding tert-OH is 3. The molecule has 0 spiro atoms. The monoisotopic (exact) mass is 208 g/mol. The Bertz CT molecular complexity index is 191. The maximum atomic E-state index is 9.58. The van der Waals surface area contributed by atoms with Gasteiger partial charge in [0.25, 0.3) is 0 Å². The third-order valence-electron chi connectivity index (χ3n) is 2.10. The molecule has 0 amide bonds. The predicted octanol–water partition coefficient (Wildman–Crippen LogP) is -3.94. The molecule has 0 bridgehead atoms. The van der Waals surface area contributed by atoms with Crippen LogP contribution in [0.5, 0.6) is 0 Å². The highest BCUT2D eigenvalue weighted by Crippen LogP contribution is 2.29. The summed E-state index contributed by atoms with van der Waals surface area (Å²) in [5, 5.41) is 45.3. The van der Waals surface area contributed by atoms with Crippen LogP contribution in [0.2, 0.25) is 0 Å². The third kappa shape index (κ3) is 2.06. The molecule has 1 aliphatic rings. The lowest BCUT2D eigenvalue weighted by atomic mass is 10.1. The lowest BCUT2D eigenvalue weighted by molar-refractivity contribution is -0.245. The molecule has 0 aromatic rings. The molecule has 82 valence electrons. The van der Waals surface area contributed by atoms with E-state index in [9.17, 15) is 15.3 Å². The van der Waals surface area contributed by atoms with E-state index >= 15 is 0 Å². The minimum atomic E-state index is -2.09. The normalized spacial score (nSPS) is 42.8. The van der Waals surface area contributed by atoms with Gasteiger partial charge in [-0.1, -0.05) is 0 Å². The second-order valence-corrected chi connectivity index (χ2v) is 3.10. The lowest BCUT2D eigenvalue weighted by Gasteiger charge is -2.25. The van der Waals surface area contributed by atoms with Crippen molar-refractivity contribution in [3.8, 4) is 0 Å². The van der Waals surface area contributed by atoms with Crippen LogP contribution in [0.3, 0.4) is 0 Å². The van der Waals surface area contributed by atoms with Crippen molar-refractivity contribution in [1.29, 1.82) is 0 Å². The van der Waals surface area contributed by atoms with Crippen LogP contribution in [0, 0.1) is 0 Å². The minimum absolute atomic E-state index is 0.488. The quantitative estimate of drug-likeness (QED) is 0.299. The Morgan fingerprint density at radius 1 is 1.43 bits per heavy atom. The summed E-state index contributed by atoms with van der Waals surface area (Å²) in [6.45, 7) is -1.02. The van der Waals surface area contributed by atoms with E-state index < -0.39 is 45.0 Å². The van der Waals surface area contributed by atoms with Crippen LogP contribution in [0.4, 0.5) is 0 Å². The Hall–Kier alpha value is -0.215. The number of rotatable bonds is 4. The maximum absolute atomic E-state index is 9.58. The van der Waals surface area contributed by atoms with Gasteiger partial charge in [-0.05, 0) is 0 Å². The van der Waals surface area contributed by atoms with Crippen molar-refractivity contribution >= 4 is 7.69 Å². The van der Waals surface area contributed by atoms with Crippen molar-refractivity contribution in [1.82, 2.24) is 0 Å². The molecule has 1 rings (SSSR count). The first-order valence-electron chi connectivity index (χ1n) is 4.11. The molecule has 5 N–H and O–H groups in total. The first-order valence-corrected chi connectivity index (χ1v) is 4.11. The van der Waals surface area contributed by atoms with Gasteiger partial charge in [-0.2, -0.15) is 0 Å². The first-order chi connectivity index (χ1) is 6.55. The molecule has 1 fully saturated rings. The number of ether oxygens (including phenoxy) is 1. The van der Waals surface area contributed by atoms with Gasteiger partial charge < -0.3 is 34.8 Å². The highest BCUT2D eigenvalue weighted by atomic mass is 16.7. The maximum Gasteiger partial charge on any atom is 0.435 e. The van der Waals surface area contributed by atoms with Gasteiger partial charge in [0.15, 0.2) is 0 Å². The van der Waals surface area contributed by atoms with Gasteiger partial charge in [0, 0.05) is 0 Å². The molecular weight excluding hydrogens is 195 g/mol. The molecule has 1 unspecified atom stereocenters. The molecule has 14 heavy (non-hydrogen) atoms. The number of aliphatic hydroxyl groups is 4. The van der Waals surface area contributed by atoms with Crippen molar-refractivity contribution in [2.24, 2.45) is 0 Å². The van der Waals surface area contributed by atoms with Crippen LogP contribution < -0.4 is 0 Å². The Kier molecular flexibility index (Phi) is 3.84. The molecule has 1 saturated heterocycles. The van der Waals surface area contributed by atoms with Gasteiger partial charge >= 0.3 is 7.69 Å². The number of hydrogen-bond donors (Lipinski definition) is 5. The van der Waals surface area contributed by atoms with Crippen molar-refractivity contribution in [3.63, 3.8) is 0 Å². The minimum Gasteiger partial charge on any atom is -0.430 e. The van der Waals surface area contributed by atoms with Crippen LogP contribution >= 0.6 is 0 Å². The third-order valence-corrected chi connectivity index (χ3v) is 2.10. The summed E-state index contributed by atoms with van der Waals surface area (Å²) in [6.07, 6.45) is -4.02. The fraction of sp³-hybridized carbons (Fsp3) is 1.00. The average Bonchev–Trinajstić information content (AvgIpc) is 2.40. The Labute approximate surface area is 80.8 Å². The second-order valence-electron chi connectivity index (χ2n) is 3.10. The molecule has 0 radical (unpaired) electrons. The number of hydrogen-bond acceptors (Lipinski definition) is 7. The summed E-state index contributed by atoms with van der Waals surface area (Å²) >= 11 is 0. The zero-order valence-corrected chi connectivity index (χ0v) is 7.41. The van der Waals surface area contributed by atoms with Gasteiger partial charge in [-0.15, -0.1) is 0 Å². The average molecular weight is 208 g/mol. The summed E-state index contributed by atoms with van der Waals surface area (Å²) in [6, 6.07) is 0. The summed E-state index contributed by atoms with van der Waals surface area (Å²) < 4.78 is 9.25. The van der Waals surface area contributed by atoms with Gasteiger partial charge in [0.05, 0.1) is 13.2 Å². The summed E-state index contributed by atoms with van der Waals surface area (Å²) in [5.74, 6) is -2.09. The molecule has 1 aliphatic heterocycles. The summed E-state index contributed by atoms with van der Waals surface area (Å²) in [4.78, 5) is 0. The molecule has 0 aromatic heterocycles. The lowest BCUT2D eigenvalue weighted by Crippen LogP contribution is -2.47. The van der Waals surface area contributed by atoms with Crippen LogP contribution in [-0.2, 0) is 9.39 Å². The Morgan fingerprint density at radius 2 is 2.07 bits per heavy atom. The van der Waals surface area contributed by atoms with E-state index in [1.54, 1.807) is 0 Å². The molecule has 0 aromatic carbocycles. The van der Waals surface area contributed by atoms with Crippen LogP contribution in [-0.4, -0.2) is 70.4 Å². The zero-order chi connectivity index (χ0) is 10.8. The first kappa shape index (κ1) is 11.9.